The zero-order valence-corrected chi connectivity index (χ0v) is 28.4. The lowest BCUT2D eigenvalue weighted by molar-refractivity contribution is 0.669. The molecule has 0 saturated carbocycles. The molecule has 0 spiro atoms. The Bertz CT molecular complexity index is 2910. The van der Waals surface area contributed by atoms with Crippen molar-refractivity contribution in [2.24, 2.45) is 0 Å². The van der Waals surface area contributed by atoms with Crippen LogP contribution in [0.2, 0.25) is 0 Å². The minimum atomic E-state index is 0.885. The molecule has 1 heterocycles. The van der Waals surface area contributed by atoms with Gasteiger partial charge in [-0.1, -0.05) is 152 Å². The highest BCUT2D eigenvalue weighted by Crippen LogP contribution is 2.46. The third kappa shape index (κ3) is 5.12. The largest absolute Gasteiger partial charge is 0.456 e. The molecule has 1 aromatic heterocycles. The predicted octanol–water partition coefficient (Wildman–Crippen LogP) is 14.4. The summed E-state index contributed by atoms with van der Waals surface area (Å²) in [7, 11) is 0. The highest BCUT2D eigenvalue weighted by atomic mass is 16.3. The average Bonchev–Trinajstić information content (AvgIpc) is 3.59. The molecule has 0 radical (unpaired) electrons. The van der Waals surface area contributed by atoms with Gasteiger partial charge < -0.3 is 9.32 Å². The summed E-state index contributed by atoms with van der Waals surface area (Å²) in [5.74, 6) is 0. The van der Waals surface area contributed by atoms with Gasteiger partial charge in [0.25, 0.3) is 0 Å². The number of furan rings is 1. The molecule has 10 rings (SSSR count). The molecule has 244 valence electrons. The first kappa shape index (κ1) is 30.0. The third-order valence-corrected chi connectivity index (χ3v) is 10.3. The summed E-state index contributed by atoms with van der Waals surface area (Å²) in [5, 5.41) is 7.21. The van der Waals surface area contributed by atoms with Crippen LogP contribution in [0, 0.1) is 0 Å². The number of para-hydroxylation sites is 3. The third-order valence-electron chi connectivity index (χ3n) is 10.3. The van der Waals surface area contributed by atoms with E-state index >= 15 is 0 Å². The number of benzene rings is 9. The molecule has 0 unspecified atom stereocenters. The summed E-state index contributed by atoms with van der Waals surface area (Å²) in [5.41, 5.74) is 12.0. The quantitative estimate of drug-likeness (QED) is 0.176. The normalized spacial score (nSPS) is 11.5. The number of nitrogens with zero attached hydrogens (tertiary/aromatic N) is 1. The zero-order valence-electron chi connectivity index (χ0n) is 28.4. The Morgan fingerprint density at radius 2 is 0.846 bits per heavy atom. The zero-order chi connectivity index (χ0) is 34.4. The predicted molar refractivity (Wildman–Crippen MR) is 220 cm³/mol. The Balaban J connectivity index is 1.17. The second kappa shape index (κ2) is 12.5. The van der Waals surface area contributed by atoms with Crippen molar-refractivity contribution in [3.05, 3.63) is 200 Å². The molecule has 0 aliphatic heterocycles. The van der Waals surface area contributed by atoms with Gasteiger partial charge in [0, 0.05) is 27.6 Å². The second-order valence-corrected chi connectivity index (χ2v) is 13.3. The van der Waals surface area contributed by atoms with Crippen LogP contribution in [-0.4, -0.2) is 0 Å². The fourth-order valence-corrected chi connectivity index (χ4v) is 7.75. The first-order valence-corrected chi connectivity index (χ1v) is 17.8. The number of hydrogen-bond donors (Lipinski definition) is 0. The van der Waals surface area contributed by atoms with E-state index in [2.05, 4.69) is 193 Å². The van der Waals surface area contributed by atoms with Gasteiger partial charge in [-0.25, -0.2) is 0 Å². The molecule has 0 N–H and O–H groups in total. The van der Waals surface area contributed by atoms with E-state index in [9.17, 15) is 0 Å². The molecular weight excluding hydrogens is 631 g/mol. The maximum absolute atomic E-state index is 6.37. The van der Waals surface area contributed by atoms with Crippen molar-refractivity contribution in [2.75, 3.05) is 4.90 Å². The molecule has 0 saturated heterocycles. The summed E-state index contributed by atoms with van der Waals surface area (Å²) in [4.78, 5) is 2.41. The average molecular weight is 664 g/mol. The van der Waals surface area contributed by atoms with Gasteiger partial charge in [-0.15, -0.1) is 0 Å². The van der Waals surface area contributed by atoms with E-state index in [0.717, 1.165) is 55.7 Å². The van der Waals surface area contributed by atoms with Crippen LogP contribution in [0.3, 0.4) is 0 Å². The van der Waals surface area contributed by atoms with E-state index < -0.39 is 0 Å². The number of hydrogen-bond acceptors (Lipinski definition) is 2. The lowest BCUT2D eigenvalue weighted by Crippen LogP contribution is -2.12. The fourth-order valence-electron chi connectivity index (χ4n) is 7.75. The van der Waals surface area contributed by atoms with Gasteiger partial charge in [-0.3, -0.25) is 0 Å². The Labute approximate surface area is 302 Å². The van der Waals surface area contributed by atoms with Crippen LogP contribution in [0.15, 0.2) is 205 Å². The molecule has 52 heavy (non-hydrogen) atoms. The maximum atomic E-state index is 6.37. The Morgan fingerprint density at radius 3 is 1.63 bits per heavy atom. The molecule has 0 aliphatic rings. The molecule has 2 nitrogen and oxygen atoms in total. The van der Waals surface area contributed by atoms with Crippen LogP contribution in [0.25, 0.3) is 76.9 Å². The van der Waals surface area contributed by atoms with Crippen molar-refractivity contribution in [2.45, 2.75) is 0 Å². The first-order chi connectivity index (χ1) is 25.8. The van der Waals surface area contributed by atoms with E-state index in [1.165, 1.54) is 38.2 Å². The highest BCUT2D eigenvalue weighted by Gasteiger charge is 2.21. The van der Waals surface area contributed by atoms with Crippen LogP contribution >= 0.6 is 0 Å². The van der Waals surface area contributed by atoms with Gasteiger partial charge in [-0.2, -0.15) is 0 Å². The molecule has 10 aromatic rings. The molecular formula is C50H33NO. The van der Waals surface area contributed by atoms with Gasteiger partial charge in [0.05, 0.1) is 11.4 Å². The first-order valence-electron chi connectivity index (χ1n) is 17.8. The summed E-state index contributed by atoms with van der Waals surface area (Å²) < 4.78 is 6.37. The van der Waals surface area contributed by atoms with Crippen molar-refractivity contribution < 1.29 is 4.42 Å². The van der Waals surface area contributed by atoms with E-state index in [0.29, 0.717) is 0 Å². The minimum absolute atomic E-state index is 0.885. The molecule has 9 aromatic carbocycles. The smallest absolute Gasteiger partial charge is 0.136 e. The maximum Gasteiger partial charge on any atom is 0.136 e. The number of rotatable bonds is 6. The summed E-state index contributed by atoms with van der Waals surface area (Å²) >= 11 is 0. The molecule has 0 aliphatic carbocycles. The van der Waals surface area contributed by atoms with Crippen molar-refractivity contribution >= 4 is 60.5 Å². The highest BCUT2D eigenvalue weighted by molar-refractivity contribution is 6.06. The monoisotopic (exact) mass is 663 g/mol. The summed E-state index contributed by atoms with van der Waals surface area (Å²) in [6, 6.07) is 71.8. The van der Waals surface area contributed by atoms with Crippen molar-refractivity contribution in [3.63, 3.8) is 0 Å². The van der Waals surface area contributed by atoms with Crippen LogP contribution in [0.1, 0.15) is 0 Å². The Kier molecular flexibility index (Phi) is 7.18. The molecule has 0 fully saturated rings. The number of fused-ring (bicyclic) bond motifs is 5. The molecule has 2 heteroatoms. The van der Waals surface area contributed by atoms with Crippen LogP contribution in [-0.2, 0) is 0 Å². The fraction of sp³-hybridized carbons (Fsp3) is 0. The van der Waals surface area contributed by atoms with Crippen LogP contribution in [0.4, 0.5) is 17.1 Å². The lowest BCUT2D eigenvalue weighted by Gasteiger charge is -2.30. The molecule has 0 atom stereocenters. The van der Waals surface area contributed by atoms with Gasteiger partial charge in [0.2, 0.25) is 0 Å². The van der Waals surface area contributed by atoms with Gasteiger partial charge in [0.15, 0.2) is 0 Å². The van der Waals surface area contributed by atoms with E-state index in [1.54, 1.807) is 0 Å². The topological polar surface area (TPSA) is 16.4 Å². The van der Waals surface area contributed by atoms with E-state index in [4.69, 9.17) is 4.42 Å². The van der Waals surface area contributed by atoms with Gasteiger partial charge in [0.1, 0.15) is 11.2 Å². The standard InChI is InChI=1S/C50H33NO/c1-2-14-37-32-38(25-24-34(37)12-1)43-17-5-8-21-47(43)51(40-29-26-36(27-30-40)42-20-11-15-35-13-3-4-16-41(35)42)48-22-9-6-18-44(48)39-28-31-46-45-19-7-10-23-49(45)52-50(46)33-39/h1-33H. The molecule has 0 bridgehead atoms. The number of anilines is 3. The SMILES string of the molecule is c1ccc(N(c2ccc(-c3cccc4ccccc34)cc2)c2ccccc2-c2ccc3c(c2)oc2ccccc23)c(-c2ccc3ccccc3c2)c1. The minimum Gasteiger partial charge on any atom is -0.456 e. The van der Waals surface area contributed by atoms with Crippen molar-refractivity contribution in [1.82, 2.24) is 0 Å². The van der Waals surface area contributed by atoms with Gasteiger partial charge >= 0.3 is 0 Å². The lowest BCUT2D eigenvalue weighted by atomic mass is 9.96. The second-order valence-electron chi connectivity index (χ2n) is 13.3. The van der Waals surface area contributed by atoms with Gasteiger partial charge in [-0.05, 0) is 92.3 Å². The van der Waals surface area contributed by atoms with Crippen LogP contribution < -0.4 is 4.90 Å². The van der Waals surface area contributed by atoms with Crippen molar-refractivity contribution in [1.29, 1.82) is 0 Å². The Hall–Kier alpha value is -6.90. The van der Waals surface area contributed by atoms with Crippen LogP contribution in [0.5, 0.6) is 0 Å². The molecule has 0 amide bonds. The summed E-state index contributed by atoms with van der Waals surface area (Å²) in [6.07, 6.45) is 0. The van der Waals surface area contributed by atoms with Crippen molar-refractivity contribution in [3.8, 4) is 33.4 Å². The van der Waals surface area contributed by atoms with E-state index in [-0.39, 0.29) is 0 Å². The van der Waals surface area contributed by atoms with E-state index in [1.807, 2.05) is 12.1 Å². The summed E-state index contributed by atoms with van der Waals surface area (Å²) in [6.45, 7) is 0. The Morgan fingerprint density at radius 1 is 0.308 bits per heavy atom.